The minimum absolute atomic E-state index is 0.135. The number of phenols is 1. The highest BCUT2D eigenvalue weighted by Crippen LogP contribution is 2.27. The Balaban J connectivity index is 2.18. The van der Waals surface area contributed by atoms with Gasteiger partial charge in [-0.2, -0.15) is 13.2 Å². The lowest BCUT2D eigenvalue weighted by molar-refractivity contribution is -0.141. The van der Waals surface area contributed by atoms with E-state index in [1.807, 2.05) is 0 Å². The van der Waals surface area contributed by atoms with Crippen LogP contribution in [0.5, 0.6) is 5.75 Å². The number of aromatic hydroxyl groups is 1. The van der Waals surface area contributed by atoms with Crippen molar-refractivity contribution in [2.75, 3.05) is 5.32 Å². The first-order chi connectivity index (χ1) is 9.77. The summed E-state index contributed by atoms with van der Waals surface area (Å²) in [5.74, 6) is -1.28. The lowest BCUT2D eigenvalue weighted by Gasteiger charge is -2.07. The molecule has 0 bridgehead atoms. The molecule has 110 valence electrons. The second-order valence-corrected chi connectivity index (χ2v) is 4.35. The predicted octanol–water partition coefficient (Wildman–Crippen LogP) is 3.11. The minimum atomic E-state index is -4.61. The van der Waals surface area contributed by atoms with Gasteiger partial charge >= 0.3 is 6.18 Å². The molecular formula is C12H7ClF3N3O2. The standard InChI is InChI=1S/C12H7ClF3N3O2/c13-6-1-2-8(20)7(5-6)11(21)17-10-4-3-9(18-19-10)12(14,15)16/h1-5,20H,(H,17,19,21). The molecule has 2 N–H and O–H groups in total. The number of rotatable bonds is 2. The van der Waals surface area contributed by atoms with E-state index >= 15 is 0 Å². The Hall–Kier alpha value is -2.35. The van der Waals surface area contributed by atoms with Gasteiger partial charge in [-0.15, -0.1) is 10.2 Å². The number of anilines is 1. The number of aromatic nitrogens is 2. The van der Waals surface area contributed by atoms with Crippen molar-refractivity contribution in [1.82, 2.24) is 10.2 Å². The van der Waals surface area contributed by atoms with Gasteiger partial charge in [-0.05, 0) is 30.3 Å². The molecule has 0 saturated carbocycles. The number of nitrogens with zero attached hydrogens (tertiary/aromatic N) is 2. The second-order valence-electron chi connectivity index (χ2n) is 3.92. The SMILES string of the molecule is O=C(Nc1ccc(C(F)(F)F)nn1)c1cc(Cl)ccc1O. The van der Waals surface area contributed by atoms with E-state index in [9.17, 15) is 23.1 Å². The van der Waals surface area contributed by atoms with Crippen molar-refractivity contribution >= 4 is 23.3 Å². The molecule has 0 aliphatic heterocycles. The molecule has 0 aliphatic rings. The number of nitrogens with one attached hydrogen (secondary N) is 1. The van der Waals surface area contributed by atoms with Gasteiger partial charge in [-0.25, -0.2) is 0 Å². The van der Waals surface area contributed by atoms with Crippen LogP contribution in [0, 0.1) is 0 Å². The number of amides is 1. The number of hydrogen-bond acceptors (Lipinski definition) is 4. The lowest BCUT2D eigenvalue weighted by atomic mass is 10.2. The summed E-state index contributed by atoms with van der Waals surface area (Å²) >= 11 is 5.69. The average molecular weight is 318 g/mol. The molecule has 1 aromatic carbocycles. The zero-order chi connectivity index (χ0) is 15.6. The molecule has 1 heterocycles. The van der Waals surface area contributed by atoms with Gasteiger partial charge in [0.25, 0.3) is 5.91 Å². The quantitative estimate of drug-likeness (QED) is 0.892. The monoisotopic (exact) mass is 317 g/mol. The number of alkyl halides is 3. The summed E-state index contributed by atoms with van der Waals surface area (Å²) < 4.78 is 36.9. The third-order valence-corrected chi connectivity index (χ3v) is 2.63. The first-order valence-electron chi connectivity index (χ1n) is 5.48. The average Bonchev–Trinajstić information content (AvgIpc) is 2.41. The molecule has 1 amide bonds. The van der Waals surface area contributed by atoms with E-state index in [-0.39, 0.29) is 22.2 Å². The zero-order valence-corrected chi connectivity index (χ0v) is 10.9. The highest BCUT2D eigenvalue weighted by Gasteiger charge is 2.32. The number of benzene rings is 1. The molecule has 0 saturated heterocycles. The van der Waals surface area contributed by atoms with Crippen molar-refractivity contribution < 1.29 is 23.1 Å². The molecule has 1 aromatic heterocycles. The smallest absolute Gasteiger partial charge is 0.435 e. The number of phenolic OH excluding ortho intramolecular Hbond substituents is 1. The number of halogens is 4. The predicted molar refractivity (Wildman–Crippen MR) is 68.1 cm³/mol. The van der Waals surface area contributed by atoms with Gasteiger partial charge in [-0.3, -0.25) is 4.79 Å². The van der Waals surface area contributed by atoms with Gasteiger partial charge in [0, 0.05) is 5.02 Å². The van der Waals surface area contributed by atoms with E-state index in [2.05, 4.69) is 15.5 Å². The van der Waals surface area contributed by atoms with Crippen LogP contribution in [0.4, 0.5) is 19.0 Å². The Kier molecular flexibility index (Phi) is 3.99. The second kappa shape index (κ2) is 5.57. The van der Waals surface area contributed by atoms with Crippen LogP contribution >= 0.6 is 11.6 Å². The van der Waals surface area contributed by atoms with E-state index < -0.39 is 17.8 Å². The molecule has 0 fully saturated rings. The van der Waals surface area contributed by atoms with E-state index in [0.717, 1.165) is 6.07 Å². The highest BCUT2D eigenvalue weighted by molar-refractivity contribution is 6.31. The summed E-state index contributed by atoms with van der Waals surface area (Å²) in [5, 5.41) is 18.2. The van der Waals surface area contributed by atoms with E-state index in [1.165, 1.54) is 18.2 Å². The molecule has 2 rings (SSSR count). The largest absolute Gasteiger partial charge is 0.507 e. The summed E-state index contributed by atoms with van der Waals surface area (Å²) in [7, 11) is 0. The van der Waals surface area contributed by atoms with Crippen LogP contribution in [0.2, 0.25) is 5.02 Å². The Morgan fingerprint density at radius 2 is 1.90 bits per heavy atom. The fourth-order valence-electron chi connectivity index (χ4n) is 1.42. The van der Waals surface area contributed by atoms with Crippen molar-refractivity contribution in [3.63, 3.8) is 0 Å². The Labute approximate surface area is 121 Å². The third kappa shape index (κ3) is 3.60. The zero-order valence-electron chi connectivity index (χ0n) is 10.1. The number of carbonyl (C=O) groups is 1. The van der Waals surface area contributed by atoms with Gasteiger partial charge in [0.15, 0.2) is 11.5 Å². The van der Waals surface area contributed by atoms with Gasteiger partial charge < -0.3 is 10.4 Å². The van der Waals surface area contributed by atoms with E-state index in [0.29, 0.717) is 6.07 Å². The first-order valence-corrected chi connectivity index (χ1v) is 5.86. The lowest BCUT2D eigenvalue weighted by Crippen LogP contribution is -2.15. The van der Waals surface area contributed by atoms with Crippen LogP contribution in [0.25, 0.3) is 0 Å². The van der Waals surface area contributed by atoms with Crippen LogP contribution in [0.3, 0.4) is 0 Å². The summed E-state index contributed by atoms with van der Waals surface area (Å²) in [4.78, 5) is 11.8. The maximum Gasteiger partial charge on any atom is 0.435 e. The van der Waals surface area contributed by atoms with Gasteiger partial charge in [-0.1, -0.05) is 11.6 Å². The Bertz CT molecular complexity index is 674. The maximum atomic E-state index is 12.3. The molecule has 2 aromatic rings. The molecule has 0 unspecified atom stereocenters. The summed E-state index contributed by atoms with van der Waals surface area (Å²) in [6, 6.07) is 5.45. The van der Waals surface area contributed by atoms with Crippen molar-refractivity contribution in [2.45, 2.75) is 6.18 Å². The Morgan fingerprint density at radius 3 is 2.48 bits per heavy atom. The van der Waals surface area contributed by atoms with Crippen LogP contribution in [-0.4, -0.2) is 21.2 Å². The summed E-state index contributed by atoms with van der Waals surface area (Å²) in [6.07, 6.45) is -4.61. The third-order valence-electron chi connectivity index (χ3n) is 2.40. The molecule has 9 heteroatoms. The fraction of sp³-hybridized carbons (Fsp3) is 0.0833. The fourth-order valence-corrected chi connectivity index (χ4v) is 1.60. The normalized spacial score (nSPS) is 11.2. The van der Waals surface area contributed by atoms with Crippen LogP contribution in [-0.2, 0) is 6.18 Å². The summed E-state index contributed by atoms with van der Waals surface area (Å²) in [5.41, 5.74) is -1.31. The van der Waals surface area contributed by atoms with Crippen LogP contribution in [0.1, 0.15) is 16.1 Å². The first kappa shape index (κ1) is 15.0. The molecule has 0 atom stereocenters. The topological polar surface area (TPSA) is 75.1 Å². The Morgan fingerprint density at radius 1 is 1.19 bits per heavy atom. The van der Waals surface area contributed by atoms with Crippen molar-refractivity contribution in [2.24, 2.45) is 0 Å². The van der Waals surface area contributed by atoms with Crippen molar-refractivity contribution in [3.05, 3.63) is 46.6 Å². The molecule has 21 heavy (non-hydrogen) atoms. The molecule has 0 aliphatic carbocycles. The summed E-state index contributed by atoms with van der Waals surface area (Å²) in [6.45, 7) is 0. The molecule has 0 spiro atoms. The maximum absolute atomic E-state index is 12.3. The van der Waals surface area contributed by atoms with E-state index in [1.54, 1.807) is 0 Å². The molecule has 0 radical (unpaired) electrons. The minimum Gasteiger partial charge on any atom is -0.507 e. The van der Waals surface area contributed by atoms with Gasteiger partial charge in [0.1, 0.15) is 5.75 Å². The van der Waals surface area contributed by atoms with E-state index in [4.69, 9.17) is 11.6 Å². The van der Waals surface area contributed by atoms with Gasteiger partial charge in [0.05, 0.1) is 5.56 Å². The van der Waals surface area contributed by atoms with Crippen LogP contribution < -0.4 is 5.32 Å². The number of carbonyl (C=O) groups excluding carboxylic acids is 1. The van der Waals surface area contributed by atoms with Crippen LogP contribution in [0.15, 0.2) is 30.3 Å². The molecular weight excluding hydrogens is 311 g/mol. The highest BCUT2D eigenvalue weighted by atomic mass is 35.5. The van der Waals surface area contributed by atoms with Crippen molar-refractivity contribution in [1.29, 1.82) is 0 Å². The number of hydrogen-bond donors (Lipinski definition) is 2. The molecule has 5 nitrogen and oxygen atoms in total. The van der Waals surface area contributed by atoms with Crippen molar-refractivity contribution in [3.8, 4) is 5.75 Å². The van der Waals surface area contributed by atoms with Gasteiger partial charge in [0.2, 0.25) is 0 Å².